The molecular weight excluding hydrogens is 443 g/mol. The van der Waals surface area contributed by atoms with E-state index in [-0.39, 0.29) is 29.8 Å². The molecule has 2 aliphatic heterocycles. The van der Waals surface area contributed by atoms with Crippen LogP contribution < -0.4 is 11.3 Å². The van der Waals surface area contributed by atoms with Crippen LogP contribution in [-0.2, 0) is 18.3 Å². The molecule has 0 aromatic carbocycles. The molecule has 0 radical (unpaired) electrons. The maximum absolute atomic E-state index is 12.8. The van der Waals surface area contributed by atoms with Crippen molar-refractivity contribution in [2.75, 3.05) is 5.73 Å². The first-order valence-electron chi connectivity index (χ1n) is 10.6. The number of rotatable bonds is 8. The van der Waals surface area contributed by atoms with E-state index in [1.54, 1.807) is 6.92 Å². The van der Waals surface area contributed by atoms with Gasteiger partial charge in [-0.05, 0) is 18.9 Å². The number of nitrogens with zero attached hydrogens (tertiary/aromatic N) is 2. The highest BCUT2D eigenvalue weighted by Gasteiger charge is 2.71. The molecule has 2 aromatic heterocycles. The van der Waals surface area contributed by atoms with E-state index in [0.717, 1.165) is 0 Å². The number of H-pyrrole nitrogens is 1. The lowest BCUT2D eigenvalue weighted by Gasteiger charge is -2.33. The zero-order chi connectivity index (χ0) is 23.5. The van der Waals surface area contributed by atoms with Crippen LogP contribution in [0.25, 0.3) is 11.0 Å². The van der Waals surface area contributed by atoms with Crippen molar-refractivity contribution in [2.45, 2.75) is 82.1 Å². The van der Waals surface area contributed by atoms with E-state index in [4.69, 9.17) is 19.5 Å². The SMILES string of the molecule is CCC(CC)(CC1OC(n2ccc3c(=O)[nH]c(N)nc32)C(O)C1O)OP1(=O)OC1(O)CC. The molecule has 4 heterocycles. The van der Waals surface area contributed by atoms with Gasteiger partial charge in [0.05, 0.1) is 17.1 Å². The Labute approximate surface area is 183 Å². The minimum atomic E-state index is -3.70. The van der Waals surface area contributed by atoms with Gasteiger partial charge in [-0.25, -0.2) is 0 Å². The Morgan fingerprint density at radius 3 is 2.62 bits per heavy atom. The fraction of sp³-hybridized carbons (Fsp3) is 0.684. The minimum absolute atomic E-state index is 0.0889. The molecule has 2 aromatic rings. The van der Waals surface area contributed by atoms with E-state index in [2.05, 4.69) is 9.97 Å². The zero-order valence-corrected chi connectivity index (χ0v) is 19.0. The Morgan fingerprint density at radius 1 is 1.34 bits per heavy atom. The van der Waals surface area contributed by atoms with Crippen LogP contribution in [0.4, 0.5) is 5.95 Å². The summed E-state index contributed by atoms with van der Waals surface area (Å²) < 4.78 is 31.1. The van der Waals surface area contributed by atoms with Crippen molar-refractivity contribution in [1.82, 2.24) is 14.5 Å². The summed E-state index contributed by atoms with van der Waals surface area (Å²) in [4.78, 5) is 18.6. The van der Waals surface area contributed by atoms with E-state index in [0.29, 0.717) is 12.8 Å². The molecule has 0 aliphatic carbocycles. The zero-order valence-electron chi connectivity index (χ0n) is 18.1. The Kier molecular flexibility index (Phi) is 5.78. The first kappa shape index (κ1) is 23.4. The molecule has 0 amide bonds. The highest BCUT2D eigenvalue weighted by Crippen LogP contribution is 2.80. The predicted molar refractivity (Wildman–Crippen MR) is 114 cm³/mol. The van der Waals surface area contributed by atoms with E-state index >= 15 is 0 Å². The van der Waals surface area contributed by atoms with Gasteiger partial charge in [-0.3, -0.25) is 23.4 Å². The Balaban J connectivity index is 1.59. The van der Waals surface area contributed by atoms with Gasteiger partial charge in [-0.2, -0.15) is 4.98 Å². The largest absolute Gasteiger partial charge is 0.393 e. The lowest BCUT2D eigenvalue weighted by molar-refractivity contribution is -0.0684. The average Bonchev–Trinajstić information content (AvgIpc) is 3.01. The van der Waals surface area contributed by atoms with Crippen molar-refractivity contribution in [3.8, 4) is 0 Å². The quantitative estimate of drug-likeness (QED) is 0.276. The average molecular weight is 472 g/mol. The molecule has 2 saturated heterocycles. The second kappa shape index (κ2) is 7.91. The molecule has 0 spiro atoms. The third-order valence-corrected chi connectivity index (χ3v) is 8.78. The summed E-state index contributed by atoms with van der Waals surface area (Å²) in [6.45, 7) is 5.30. The Morgan fingerprint density at radius 2 is 2.03 bits per heavy atom. The molecule has 6 atom stereocenters. The lowest BCUT2D eigenvalue weighted by Crippen LogP contribution is -2.39. The maximum Gasteiger partial charge on any atom is 0.393 e. The van der Waals surface area contributed by atoms with Crippen LogP contribution in [0.2, 0.25) is 0 Å². The van der Waals surface area contributed by atoms with Crippen molar-refractivity contribution in [3.05, 3.63) is 22.6 Å². The summed E-state index contributed by atoms with van der Waals surface area (Å²) in [6, 6.07) is 1.52. The molecular formula is C19H29N4O8P. The topological polar surface area (TPSA) is 185 Å². The normalized spacial score (nSPS) is 34.9. The summed E-state index contributed by atoms with van der Waals surface area (Å²) in [5.41, 5.74) is 2.62. The highest BCUT2D eigenvalue weighted by atomic mass is 31.2. The Bertz CT molecular complexity index is 1110. The number of hydrogen-bond acceptors (Lipinski definition) is 10. The smallest absolute Gasteiger partial charge is 0.388 e. The molecule has 32 heavy (non-hydrogen) atoms. The summed E-state index contributed by atoms with van der Waals surface area (Å²) in [6.07, 6.45) is -1.98. The molecule has 2 fully saturated rings. The molecule has 6 N–H and O–H groups in total. The number of anilines is 1. The van der Waals surface area contributed by atoms with E-state index in [1.807, 2.05) is 13.8 Å². The highest BCUT2D eigenvalue weighted by molar-refractivity contribution is 7.61. The first-order chi connectivity index (χ1) is 15.0. The summed E-state index contributed by atoms with van der Waals surface area (Å²) >= 11 is 0. The van der Waals surface area contributed by atoms with Crippen molar-refractivity contribution in [3.63, 3.8) is 0 Å². The number of aliphatic hydroxyl groups is 3. The van der Waals surface area contributed by atoms with Gasteiger partial charge in [0, 0.05) is 19.0 Å². The maximum atomic E-state index is 12.8. The molecule has 0 bridgehead atoms. The van der Waals surface area contributed by atoms with Crippen molar-refractivity contribution in [2.24, 2.45) is 0 Å². The van der Waals surface area contributed by atoms with Crippen LogP contribution in [-0.4, -0.2) is 59.3 Å². The van der Waals surface area contributed by atoms with Gasteiger partial charge in [-0.1, -0.05) is 20.8 Å². The first-order valence-corrected chi connectivity index (χ1v) is 12.2. The van der Waals surface area contributed by atoms with Crippen LogP contribution in [0.3, 0.4) is 0 Å². The van der Waals surface area contributed by atoms with Gasteiger partial charge in [0.1, 0.15) is 12.2 Å². The second-order valence-electron chi connectivity index (χ2n) is 8.33. The molecule has 13 heteroatoms. The Hall–Kier alpha value is -1.79. The monoisotopic (exact) mass is 472 g/mol. The molecule has 4 rings (SSSR count). The predicted octanol–water partition coefficient (Wildman–Crippen LogP) is 1.17. The van der Waals surface area contributed by atoms with Crippen LogP contribution in [0.15, 0.2) is 17.1 Å². The van der Waals surface area contributed by atoms with Crippen LogP contribution in [0.1, 0.15) is 52.7 Å². The van der Waals surface area contributed by atoms with Gasteiger partial charge >= 0.3 is 7.60 Å². The molecule has 178 valence electrons. The number of nitrogens with two attached hydrogens (primary N) is 1. The number of nitrogen functional groups attached to an aromatic ring is 1. The molecule has 6 unspecified atom stereocenters. The van der Waals surface area contributed by atoms with E-state index in [1.165, 1.54) is 16.8 Å². The van der Waals surface area contributed by atoms with Gasteiger partial charge in [0.25, 0.3) is 11.1 Å². The van der Waals surface area contributed by atoms with Crippen molar-refractivity contribution < 1.29 is 33.7 Å². The number of aromatic nitrogens is 3. The van der Waals surface area contributed by atoms with Gasteiger partial charge in [0.2, 0.25) is 5.95 Å². The summed E-state index contributed by atoms with van der Waals surface area (Å²) in [5, 5.41) is 31.9. The molecule has 0 saturated carbocycles. The number of nitrogens with one attached hydrogen (secondary N) is 1. The van der Waals surface area contributed by atoms with Crippen molar-refractivity contribution >= 4 is 24.6 Å². The number of ether oxygens (including phenoxy) is 1. The third-order valence-electron chi connectivity index (χ3n) is 6.51. The van der Waals surface area contributed by atoms with Crippen molar-refractivity contribution in [1.29, 1.82) is 0 Å². The molecule has 2 aliphatic rings. The molecule has 12 nitrogen and oxygen atoms in total. The van der Waals surface area contributed by atoms with Crippen LogP contribution in [0.5, 0.6) is 0 Å². The third kappa shape index (κ3) is 3.60. The van der Waals surface area contributed by atoms with Crippen LogP contribution >= 0.6 is 7.60 Å². The summed E-state index contributed by atoms with van der Waals surface area (Å²) in [7, 11) is -3.70. The second-order valence-corrected chi connectivity index (χ2v) is 10.4. The number of hydrogen-bond donors (Lipinski definition) is 5. The van der Waals surface area contributed by atoms with Gasteiger partial charge in [0.15, 0.2) is 11.9 Å². The lowest BCUT2D eigenvalue weighted by atomic mass is 9.88. The van der Waals surface area contributed by atoms with Gasteiger partial charge in [-0.15, -0.1) is 0 Å². The fourth-order valence-electron chi connectivity index (χ4n) is 4.24. The number of aliphatic hydroxyl groups excluding tert-OH is 2. The fourth-order valence-corrected chi connectivity index (χ4v) is 6.32. The number of fused-ring (bicyclic) bond motifs is 1. The van der Waals surface area contributed by atoms with E-state index in [9.17, 15) is 24.7 Å². The van der Waals surface area contributed by atoms with Crippen LogP contribution in [0, 0.1) is 0 Å². The standard InChI is InChI=1S/C19H29N4O8P/c1-4-18(5-2,30-32(28)19(27,6-3)31-32)9-11-12(24)13(25)16(29-11)23-8-7-10-14(23)21-17(20)22-15(10)26/h7-8,11-13,16,24-25,27H,4-6,9H2,1-3H3,(H3,20,21,22,26). The minimum Gasteiger partial charge on any atom is -0.388 e. The van der Waals surface area contributed by atoms with E-state index < -0.39 is 48.8 Å². The number of aromatic amines is 1. The summed E-state index contributed by atoms with van der Waals surface area (Å²) in [5.74, 6) is -0.0889. The van der Waals surface area contributed by atoms with Gasteiger partial charge < -0.3 is 30.4 Å².